The van der Waals surface area contributed by atoms with Crippen molar-refractivity contribution in [1.29, 1.82) is 0 Å². The highest BCUT2D eigenvalue weighted by Gasteiger charge is 2.20. The van der Waals surface area contributed by atoms with Gasteiger partial charge in [0.25, 0.3) is 0 Å². The summed E-state index contributed by atoms with van der Waals surface area (Å²) in [6.07, 6.45) is 0.833. The largest absolute Gasteiger partial charge is 0.506 e. The van der Waals surface area contributed by atoms with Crippen LogP contribution in [-0.2, 0) is 11.2 Å². The van der Waals surface area contributed by atoms with Crippen LogP contribution in [0.2, 0.25) is 0 Å². The Kier molecular flexibility index (Phi) is 2.33. The monoisotopic (exact) mass is 239 g/mol. The molecule has 18 heavy (non-hydrogen) atoms. The van der Waals surface area contributed by atoms with Crippen LogP contribution in [0.3, 0.4) is 0 Å². The number of rotatable bonds is 1. The smallest absolute Gasteiger partial charge is 0.221 e. The van der Waals surface area contributed by atoms with Crippen LogP contribution in [0, 0.1) is 0 Å². The fraction of sp³-hybridized carbons (Fsp3) is 0.133. The number of phenols is 1. The normalized spacial score (nSPS) is 11.8. The van der Waals surface area contributed by atoms with Crippen LogP contribution in [-0.4, -0.2) is 11.0 Å². The van der Waals surface area contributed by atoms with Gasteiger partial charge in [-0.15, -0.1) is 0 Å². The summed E-state index contributed by atoms with van der Waals surface area (Å²) in [5.41, 5.74) is 5.10. The maximum Gasteiger partial charge on any atom is 0.221 e. The average molecular weight is 239 g/mol. The molecule has 3 rings (SSSR count). The Hall–Kier alpha value is -2.29. The van der Waals surface area contributed by atoms with Crippen molar-refractivity contribution in [2.24, 2.45) is 0 Å². The Morgan fingerprint density at radius 2 is 1.94 bits per heavy atom. The highest BCUT2D eigenvalue weighted by molar-refractivity contribution is 5.92. The molecule has 0 saturated carbocycles. The van der Waals surface area contributed by atoms with Crippen molar-refractivity contribution in [2.75, 3.05) is 5.32 Å². The molecule has 2 N–H and O–H groups in total. The first-order valence-electron chi connectivity index (χ1n) is 5.87. The fourth-order valence-corrected chi connectivity index (χ4v) is 2.46. The van der Waals surface area contributed by atoms with Crippen molar-refractivity contribution >= 4 is 11.6 Å². The van der Waals surface area contributed by atoms with E-state index in [1.807, 2.05) is 18.2 Å². The van der Waals surface area contributed by atoms with E-state index in [1.165, 1.54) is 18.1 Å². The standard InChI is InChI=1S/C15H13NO2/c1-9(17)16-14-8-13-11(7-15(14)18)6-10-4-2-3-5-12(10)13/h2-5,7-8,18H,6H2,1H3,(H,16,17). The van der Waals surface area contributed by atoms with Crippen molar-refractivity contribution in [3.05, 3.63) is 47.5 Å². The van der Waals surface area contributed by atoms with Gasteiger partial charge >= 0.3 is 0 Å². The number of carbonyl (C=O) groups excluding carboxylic acids is 1. The van der Waals surface area contributed by atoms with E-state index in [1.54, 1.807) is 6.07 Å². The molecular formula is C15H13NO2. The van der Waals surface area contributed by atoms with Crippen molar-refractivity contribution in [3.8, 4) is 16.9 Å². The van der Waals surface area contributed by atoms with Gasteiger partial charge in [0.2, 0.25) is 5.91 Å². The summed E-state index contributed by atoms with van der Waals surface area (Å²) >= 11 is 0. The molecule has 3 nitrogen and oxygen atoms in total. The van der Waals surface area contributed by atoms with E-state index in [-0.39, 0.29) is 11.7 Å². The number of anilines is 1. The molecule has 90 valence electrons. The lowest BCUT2D eigenvalue weighted by molar-refractivity contribution is -0.114. The van der Waals surface area contributed by atoms with Crippen LogP contribution in [0.25, 0.3) is 11.1 Å². The lowest BCUT2D eigenvalue weighted by atomic mass is 10.0. The third kappa shape index (κ3) is 1.64. The molecular weight excluding hydrogens is 226 g/mol. The molecule has 2 aromatic rings. The average Bonchev–Trinajstić information content (AvgIpc) is 2.66. The van der Waals surface area contributed by atoms with Crippen LogP contribution in [0.4, 0.5) is 5.69 Å². The maximum atomic E-state index is 11.1. The van der Waals surface area contributed by atoms with Crippen LogP contribution >= 0.6 is 0 Å². The number of hydrogen-bond donors (Lipinski definition) is 2. The second-order valence-electron chi connectivity index (χ2n) is 4.54. The summed E-state index contributed by atoms with van der Waals surface area (Å²) in [5, 5.41) is 12.5. The zero-order valence-electron chi connectivity index (χ0n) is 10.0. The Bertz CT molecular complexity index is 647. The molecule has 0 saturated heterocycles. The number of fused-ring (bicyclic) bond motifs is 3. The Morgan fingerprint density at radius 3 is 2.72 bits per heavy atom. The number of carbonyl (C=O) groups is 1. The van der Waals surface area contributed by atoms with E-state index < -0.39 is 0 Å². The topological polar surface area (TPSA) is 49.3 Å². The molecule has 0 aliphatic heterocycles. The molecule has 0 bridgehead atoms. The molecule has 1 aliphatic carbocycles. The Morgan fingerprint density at radius 1 is 1.17 bits per heavy atom. The molecule has 0 atom stereocenters. The summed E-state index contributed by atoms with van der Waals surface area (Å²) in [4.78, 5) is 11.1. The van der Waals surface area contributed by atoms with Gasteiger partial charge in [-0.25, -0.2) is 0 Å². The minimum atomic E-state index is -0.184. The lowest BCUT2D eigenvalue weighted by Crippen LogP contribution is -2.06. The number of hydrogen-bond acceptors (Lipinski definition) is 2. The number of phenolic OH excluding ortho intramolecular Hbond substituents is 1. The summed E-state index contributed by atoms with van der Waals surface area (Å²) < 4.78 is 0. The van der Waals surface area contributed by atoms with Crippen molar-refractivity contribution in [1.82, 2.24) is 0 Å². The molecule has 0 radical (unpaired) electrons. The molecule has 2 aromatic carbocycles. The first-order chi connectivity index (χ1) is 8.65. The molecule has 0 spiro atoms. The van der Waals surface area contributed by atoms with Gasteiger partial charge in [0.15, 0.2) is 0 Å². The van der Waals surface area contributed by atoms with Gasteiger partial charge in [-0.1, -0.05) is 24.3 Å². The third-order valence-electron chi connectivity index (χ3n) is 3.22. The van der Waals surface area contributed by atoms with Crippen molar-refractivity contribution < 1.29 is 9.90 Å². The summed E-state index contributed by atoms with van der Waals surface area (Å²) in [6, 6.07) is 11.7. The van der Waals surface area contributed by atoms with Crippen LogP contribution in [0.15, 0.2) is 36.4 Å². The predicted octanol–water partition coefficient (Wildman–Crippen LogP) is 2.92. The SMILES string of the molecule is CC(=O)Nc1cc2c(cc1O)Cc1ccccc1-2. The van der Waals surface area contributed by atoms with Gasteiger partial charge in [0.05, 0.1) is 5.69 Å². The summed E-state index contributed by atoms with van der Waals surface area (Å²) in [6.45, 7) is 1.43. The zero-order chi connectivity index (χ0) is 12.7. The minimum absolute atomic E-state index is 0.122. The highest BCUT2D eigenvalue weighted by Crippen LogP contribution is 2.41. The number of benzene rings is 2. The molecule has 1 aliphatic rings. The molecule has 0 aromatic heterocycles. The van der Waals surface area contributed by atoms with E-state index in [9.17, 15) is 9.90 Å². The van der Waals surface area contributed by atoms with E-state index >= 15 is 0 Å². The molecule has 1 amide bonds. The van der Waals surface area contributed by atoms with Crippen LogP contribution < -0.4 is 5.32 Å². The minimum Gasteiger partial charge on any atom is -0.506 e. The Balaban J connectivity index is 2.14. The van der Waals surface area contributed by atoms with Crippen molar-refractivity contribution in [3.63, 3.8) is 0 Å². The first kappa shape index (κ1) is 10.8. The Labute approximate surface area is 105 Å². The highest BCUT2D eigenvalue weighted by atomic mass is 16.3. The maximum absolute atomic E-state index is 11.1. The van der Waals surface area contributed by atoms with E-state index in [0.717, 1.165) is 17.5 Å². The summed E-state index contributed by atoms with van der Waals surface area (Å²) in [7, 11) is 0. The number of amides is 1. The molecule has 3 heteroatoms. The zero-order valence-corrected chi connectivity index (χ0v) is 10.0. The molecule has 0 unspecified atom stereocenters. The van der Waals surface area contributed by atoms with Gasteiger partial charge in [0, 0.05) is 6.92 Å². The van der Waals surface area contributed by atoms with Gasteiger partial charge in [-0.2, -0.15) is 0 Å². The number of aromatic hydroxyl groups is 1. The fourth-order valence-electron chi connectivity index (χ4n) is 2.46. The second-order valence-corrected chi connectivity index (χ2v) is 4.54. The van der Waals surface area contributed by atoms with Gasteiger partial charge < -0.3 is 10.4 Å². The first-order valence-corrected chi connectivity index (χ1v) is 5.87. The summed E-state index contributed by atoms with van der Waals surface area (Å²) in [5.74, 6) is -0.0618. The van der Waals surface area contributed by atoms with Gasteiger partial charge in [-0.05, 0) is 40.8 Å². The second kappa shape index (κ2) is 3.88. The number of nitrogens with one attached hydrogen (secondary N) is 1. The predicted molar refractivity (Wildman–Crippen MR) is 70.7 cm³/mol. The van der Waals surface area contributed by atoms with Crippen molar-refractivity contribution in [2.45, 2.75) is 13.3 Å². The van der Waals surface area contributed by atoms with E-state index in [2.05, 4.69) is 17.4 Å². The van der Waals surface area contributed by atoms with Crippen LogP contribution in [0.1, 0.15) is 18.1 Å². The molecule has 0 fully saturated rings. The molecule has 0 heterocycles. The van der Waals surface area contributed by atoms with E-state index in [4.69, 9.17) is 0 Å². The van der Waals surface area contributed by atoms with Gasteiger partial charge in [0.1, 0.15) is 5.75 Å². The lowest BCUT2D eigenvalue weighted by Gasteiger charge is -2.08. The third-order valence-corrected chi connectivity index (χ3v) is 3.22. The van der Waals surface area contributed by atoms with Gasteiger partial charge in [-0.3, -0.25) is 4.79 Å². The van der Waals surface area contributed by atoms with Crippen LogP contribution in [0.5, 0.6) is 5.75 Å². The quantitative estimate of drug-likeness (QED) is 0.641. The van der Waals surface area contributed by atoms with E-state index in [0.29, 0.717) is 5.69 Å².